The topological polar surface area (TPSA) is 59.9 Å². The zero-order valence-electron chi connectivity index (χ0n) is 13.0. The number of halogens is 2. The van der Waals surface area contributed by atoms with Crippen LogP contribution in [0.1, 0.15) is 5.56 Å². The zero-order valence-corrected chi connectivity index (χ0v) is 14.6. The van der Waals surface area contributed by atoms with E-state index in [0.29, 0.717) is 17.1 Å². The van der Waals surface area contributed by atoms with E-state index < -0.39 is 5.91 Å². The van der Waals surface area contributed by atoms with Gasteiger partial charge in [-0.2, -0.15) is 5.10 Å². The molecule has 0 saturated carbocycles. The average molecular weight is 405 g/mol. The predicted octanol–water partition coefficient (Wildman–Crippen LogP) is 3.13. The van der Waals surface area contributed by atoms with Crippen molar-refractivity contribution < 1.29 is 18.7 Å². The van der Waals surface area contributed by atoms with Gasteiger partial charge in [0.25, 0.3) is 5.91 Å². The molecule has 2 aromatic carbocycles. The van der Waals surface area contributed by atoms with Crippen LogP contribution in [0.25, 0.3) is 0 Å². The fourth-order valence-electron chi connectivity index (χ4n) is 1.72. The molecule has 1 N–H and O–H groups in total. The maximum atomic E-state index is 12.8. The quantitative estimate of drug-likeness (QED) is 0.438. The minimum atomic E-state index is -0.448. The summed E-state index contributed by atoms with van der Waals surface area (Å²) in [5, 5.41) is 3.86. The molecule has 0 spiro atoms. The van der Waals surface area contributed by atoms with Crippen LogP contribution in [-0.2, 0) is 4.79 Å². The van der Waals surface area contributed by atoms with Gasteiger partial charge in [-0.15, -0.1) is 6.42 Å². The van der Waals surface area contributed by atoms with Gasteiger partial charge in [-0.1, -0.05) is 21.9 Å². The molecule has 2 aromatic rings. The van der Waals surface area contributed by atoms with Gasteiger partial charge in [-0.3, -0.25) is 4.79 Å². The molecule has 5 nitrogen and oxygen atoms in total. The molecule has 0 aliphatic rings. The molecule has 0 heterocycles. The first-order valence-electron chi connectivity index (χ1n) is 7.14. The van der Waals surface area contributed by atoms with Gasteiger partial charge in [0.05, 0.1) is 6.21 Å². The maximum absolute atomic E-state index is 12.8. The molecule has 0 bridgehead atoms. The normalized spacial score (nSPS) is 10.3. The Balaban J connectivity index is 1.86. The summed E-state index contributed by atoms with van der Waals surface area (Å²) in [6, 6.07) is 10.6. The molecule has 0 radical (unpaired) electrons. The summed E-state index contributed by atoms with van der Waals surface area (Å²) < 4.78 is 24.1. The first kappa shape index (κ1) is 18.5. The highest BCUT2D eigenvalue weighted by molar-refractivity contribution is 9.10. The summed E-state index contributed by atoms with van der Waals surface area (Å²) in [5.41, 5.74) is 3.04. The van der Waals surface area contributed by atoms with Crippen LogP contribution in [0, 0.1) is 18.2 Å². The third kappa shape index (κ3) is 6.28. The number of nitrogens with one attached hydrogen (secondary N) is 1. The summed E-state index contributed by atoms with van der Waals surface area (Å²) in [7, 11) is 0. The van der Waals surface area contributed by atoms with Gasteiger partial charge < -0.3 is 9.47 Å². The highest BCUT2D eigenvalue weighted by atomic mass is 79.9. The lowest BCUT2D eigenvalue weighted by Crippen LogP contribution is -2.24. The van der Waals surface area contributed by atoms with E-state index in [1.165, 1.54) is 30.5 Å². The smallest absolute Gasteiger partial charge is 0.277 e. The molecule has 0 fully saturated rings. The Labute approximate surface area is 153 Å². The Kier molecular flexibility index (Phi) is 6.99. The Bertz CT molecular complexity index is 801. The minimum absolute atomic E-state index is 0.162. The van der Waals surface area contributed by atoms with Gasteiger partial charge in [0.1, 0.15) is 23.9 Å². The fraction of sp³-hybridized carbons (Fsp3) is 0.111. The Morgan fingerprint density at radius 1 is 1.24 bits per heavy atom. The molecule has 0 aromatic heterocycles. The second-order valence-corrected chi connectivity index (χ2v) is 5.57. The van der Waals surface area contributed by atoms with E-state index in [2.05, 4.69) is 32.4 Å². The van der Waals surface area contributed by atoms with Crippen LogP contribution < -0.4 is 14.9 Å². The molecule has 2 rings (SSSR count). The van der Waals surface area contributed by atoms with Gasteiger partial charge in [0, 0.05) is 10.0 Å². The summed E-state index contributed by atoms with van der Waals surface area (Å²) in [4.78, 5) is 11.7. The largest absolute Gasteiger partial charge is 0.484 e. The molecule has 0 atom stereocenters. The van der Waals surface area contributed by atoms with Gasteiger partial charge in [0.2, 0.25) is 0 Å². The lowest BCUT2D eigenvalue weighted by molar-refractivity contribution is -0.123. The first-order chi connectivity index (χ1) is 12.1. The van der Waals surface area contributed by atoms with Gasteiger partial charge in [-0.05, 0) is 42.5 Å². The van der Waals surface area contributed by atoms with Crippen molar-refractivity contribution >= 4 is 28.1 Å². The molecule has 0 aliphatic heterocycles. The number of amides is 1. The Morgan fingerprint density at radius 2 is 1.96 bits per heavy atom. The number of ether oxygens (including phenoxy) is 2. The average Bonchev–Trinajstić information content (AvgIpc) is 2.61. The van der Waals surface area contributed by atoms with Crippen molar-refractivity contribution in [3.63, 3.8) is 0 Å². The summed E-state index contributed by atoms with van der Waals surface area (Å²) in [5.74, 6) is 2.54. The molecule has 1 amide bonds. The molecular weight excluding hydrogens is 391 g/mol. The van der Waals surface area contributed by atoms with Crippen molar-refractivity contribution in [1.29, 1.82) is 0 Å². The van der Waals surface area contributed by atoms with Gasteiger partial charge >= 0.3 is 0 Å². The third-order valence-electron chi connectivity index (χ3n) is 2.87. The highest BCUT2D eigenvalue weighted by Gasteiger charge is 2.03. The SMILES string of the molecule is C#CCOc1ccc(Br)c(/C=N\NC(=O)COc2ccc(F)cc2)c1. The van der Waals surface area contributed by atoms with Crippen LogP contribution >= 0.6 is 15.9 Å². The van der Waals surface area contributed by atoms with E-state index in [1.54, 1.807) is 18.2 Å². The summed E-state index contributed by atoms with van der Waals surface area (Å²) in [6.45, 7) is -0.0782. The number of hydrogen-bond acceptors (Lipinski definition) is 4. The van der Waals surface area contributed by atoms with Crippen LogP contribution in [0.3, 0.4) is 0 Å². The van der Waals surface area contributed by atoms with E-state index >= 15 is 0 Å². The number of nitrogens with zero attached hydrogens (tertiary/aromatic N) is 1. The van der Waals surface area contributed by atoms with Crippen molar-refractivity contribution in [2.24, 2.45) is 5.10 Å². The van der Waals surface area contributed by atoms with Crippen LogP contribution in [0.2, 0.25) is 0 Å². The van der Waals surface area contributed by atoms with Crippen molar-refractivity contribution in [2.75, 3.05) is 13.2 Å². The molecular formula is C18H14BrFN2O3. The van der Waals surface area contributed by atoms with E-state index in [9.17, 15) is 9.18 Å². The predicted molar refractivity (Wildman–Crippen MR) is 96.1 cm³/mol. The van der Waals surface area contributed by atoms with E-state index in [-0.39, 0.29) is 19.0 Å². The van der Waals surface area contributed by atoms with Gasteiger partial charge in [0.15, 0.2) is 6.61 Å². The maximum Gasteiger partial charge on any atom is 0.277 e. The Hall–Kier alpha value is -2.85. The third-order valence-corrected chi connectivity index (χ3v) is 3.59. The molecule has 128 valence electrons. The van der Waals surface area contributed by atoms with E-state index in [0.717, 1.165) is 4.47 Å². The van der Waals surface area contributed by atoms with E-state index in [4.69, 9.17) is 15.9 Å². The molecule has 0 aliphatic carbocycles. The number of carbonyl (C=O) groups is 1. The number of hydrogen-bond donors (Lipinski definition) is 1. The van der Waals surface area contributed by atoms with E-state index in [1.807, 2.05) is 0 Å². The molecule has 25 heavy (non-hydrogen) atoms. The van der Waals surface area contributed by atoms with Crippen LogP contribution in [0.5, 0.6) is 11.5 Å². The molecule has 0 saturated heterocycles. The fourth-order valence-corrected chi connectivity index (χ4v) is 2.07. The van der Waals surface area contributed by atoms with Crippen molar-refractivity contribution in [3.05, 3.63) is 58.3 Å². The lowest BCUT2D eigenvalue weighted by Gasteiger charge is -2.06. The highest BCUT2D eigenvalue weighted by Crippen LogP contribution is 2.21. The first-order valence-corrected chi connectivity index (χ1v) is 7.94. The minimum Gasteiger partial charge on any atom is -0.484 e. The number of carbonyl (C=O) groups excluding carboxylic acids is 1. The van der Waals surface area contributed by atoms with Crippen LogP contribution in [0.4, 0.5) is 4.39 Å². The second kappa shape index (κ2) is 9.45. The number of rotatable bonds is 7. The van der Waals surface area contributed by atoms with Gasteiger partial charge in [-0.25, -0.2) is 9.82 Å². The standard InChI is InChI=1S/C18H14BrFN2O3/c1-2-9-24-16-7-8-17(19)13(10-16)11-21-22-18(23)12-25-15-5-3-14(20)4-6-15/h1,3-8,10-11H,9,12H2,(H,22,23)/b21-11-. The van der Waals surface area contributed by atoms with Crippen molar-refractivity contribution in [2.45, 2.75) is 0 Å². The number of terminal acetylenes is 1. The van der Waals surface area contributed by atoms with Crippen LogP contribution in [0.15, 0.2) is 52.0 Å². The number of hydrazone groups is 1. The monoisotopic (exact) mass is 404 g/mol. The molecule has 0 unspecified atom stereocenters. The summed E-state index contributed by atoms with van der Waals surface area (Å²) in [6.07, 6.45) is 6.61. The summed E-state index contributed by atoms with van der Waals surface area (Å²) >= 11 is 3.38. The second-order valence-electron chi connectivity index (χ2n) is 4.71. The van der Waals surface area contributed by atoms with Crippen molar-refractivity contribution in [1.82, 2.24) is 5.43 Å². The lowest BCUT2D eigenvalue weighted by atomic mass is 10.2. The van der Waals surface area contributed by atoms with Crippen molar-refractivity contribution in [3.8, 4) is 23.8 Å². The van der Waals surface area contributed by atoms with Crippen LogP contribution in [-0.4, -0.2) is 25.3 Å². The Morgan fingerprint density at radius 3 is 2.68 bits per heavy atom. The zero-order chi connectivity index (χ0) is 18.1. The number of benzene rings is 2. The molecule has 7 heteroatoms.